The SMILES string of the molecule is Cc1c(CN(C(=O)C2=C(c3ccc(CCCOc4c(F)ccc(F)c4Cl)cc3)C(C)(C)CN(C(=O)Oc3cccc(CO[N+](=O)[O-])c3)C2)C2CC2)ccnc1OCC(C)OC(=O)Oc1cccc(CO[N+](=O)[O-])c1. The molecule has 2 heterocycles. The number of aryl methyl sites for hydroxylation is 1. The first-order valence-electron chi connectivity index (χ1n) is 23.4. The average Bonchev–Trinajstić information content (AvgIpc) is 4.21. The monoisotopic (exact) mass is 1040 g/mol. The van der Waals surface area contributed by atoms with Crippen molar-refractivity contribution in [2.24, 2.45) is 5.41 Å². The Morgan fingerprint density at radius 3 is 2.14 bits per heavy atom. The normalized spacial score (nSPS) is 14.3. The van der Waals surface area contributed by atoms with Gasteiger partial charge in [0, 0.05) is 41.9 Å². The summed E-state index contributed by atoms with van der Waals surface area (Å²) in [6.45, 7) is 6.73. The van der Waals surface area contributed by atoms with Gasteiger partial charge in [-0.1, -0.05) is 74.0 Å². The molecule has 1 atom stereocenters. The summed E-state index contributed by atoms with van der Waals surface area (Å²) in [4.78, 5) is 79.9. The first-order chi connectivity index (χ1) is 35.3. The standard InChI is InChI=1S/C52H52ClF2N5O14/c1-32(72-51(63)74-41-12-6-9-36(25-41)30-71-60(66)67)28-69-48-33(2)38(21-22-56-48)26-58(39-17-18-39)49(61)42-27-57(50(62)73-40-11-5-8-35(24-40)29-70-59(64)65)31-52(3,4)45(42)37-15-13-34(14-16-37)10-7-23-68-47-44(55)20-19-43(54)46(47)53/h5-6,8-9,11-16,19-22,24-25,32,39H,7,10,17-18,23,26-31H2,1-4H3. The van der Waals surface area contributed by atoms with Crippen LogP contribution in [-0.4, -0.2) is 81.6 Å². The molecule has 1 fully saturated rings. The maximum Gasteiger partial charge on any atom is 0.514 e. The summed E-state index contributed by atoms with van der Waals surface area (Å²) in [5, 5.41) is 19.1. The van der Waals surface area contributed by atoms with Crippen LogP contribution in [0.5, 0.6) is 23.1 Å². The number of hydrogen-bond acceptors (Lipinski definition) is 15. The number of rotatable bonds is 22. The predicted molar refractivity (Wildman–Crippen MR) is 261 cm³/mol. The Morgan fingerprint density at radius 2 is 1.50 bits per heavy atom. The van der Waals surface area contributed by atoms with Crippen molar-refractivity contribution in [2.75, 3.05) is 26.3 Å². The van der Waals surface area contributed by atoms with Crippen molar-refractivity contribution in [1.29, 1.82) is 0 Å². The van der Waals surface area contributed by atoms with E-state index in [1.807, 2.05) is 38.1 Å². The van der Waals surface area contributed by atoms with Gasteiger partial charge in [0.1, 0.15) is 48.3 Å². The summed E-state index contributed by atoms with van der Waals surface area (Å²) in [5.74, 6) is -1.75. The second-order valence-electron chi connectivity index (χ2n) is 18.2. The van der Waals surface area contributed by atoms with Crippen molar-refractivity contribution in [2.45, 2.75) is 85.3 Å². The molecule has 0 bridgehead atoms. The fourth-order valence-corrected chi connectivity index (χ4v) is 8.61. The second kappa shape index (κ2) is 24.1. The molecule has 1 saturated carbocycles. The van der Waals surface area contributed by atoms with Crippen LogP contribution >= 0.6 is 11.6 Å². The Balaban J connectivity index is 1.09. The van der Waals surface area contributed by atoms with Gasteiger partial charge in [-0.2, -0.15) is 0 Å². The third-order valence-corrected chi connectivity index (χ3v) is 12.4. The van der Waals surface area contributed by atoms with Crippen LogP contribution in [-0.2, 0) is 45.4 Å². The third-order valence-electron chi connectivity index (χ3n) is 12.0. The summed E-state index contributed by atoms with van der Waals surface area (Å²) in [6.07, 6.45) is 1.44. The van der Waals surface area contributed by atoms with Crippen molar-refractivity contribution in [3.63, 3.8) is 0 Å². The molecule has 5 aromatic rings. The van der Waals surface area contributed by atoms with E-state index in [-0.39, 0.29) is 81.1 Å². The largest absolute Gasteiger partial charge is 0.514 e. The van der Waals surface area contributed by atoms with Gasteiger partial charge >= 0.3 is 12.2 Å². The molecule has 0 spiro atoms. The summed E-state index contributed by atoms with van der Waals surface area (Å²) < 4.78 is 56.2. The van der Waals surface area contributed by atoms with Crippen LogP contribution in [0.4, 0.5) is 18.4 Å². The first-order valence-corrected chi connectivity index (χ1v) is 23.8. The van der Waals surface area contributed by atoms with Gasteiger partial charge in [-0.05, 0) is 115 Å². The molecule has 0 saturated heterocycles. The van der Waals surface area contributed by atoms with Gasteiger partial charge in [0.15, 0.2) is 11.6 Å². The van der Waals surface area contributed by atoms with Gasteiger partial charge in [-0.25, -0.2) is 23.4 Å². The van der Waals surface area contributed by atoms with Gasteiger partial charge in [0.05, 0.1) is 13.2 Å². The number of amides is 2. The molecule has 1 aliphatic heterocycles. The van der Waals surface area contributed by atoms with Crippen LogP contribution < -0.4 is 18.9 Å². The van der Waals surface area contributed by atoms with Crippen LogP contribution in [0, 0.1) is 44.2 Å². The van der Waals surface area contributed by atoms with Crippen LogP contribution in [0.3, 0.4) is 0 Å². The summed E-state index contributed by atoms with van der Waals surface area (Å²) >= 11 is 5.93. The fraction of sp³-hybridized carbons (Fsp3) is 0.346. The third kappa shape index (κ3) is 14.3. The van der Waals surface area contributed by atoms with Crippen LogP contribution in [0.1, 0.15) is 73.4 Å². The zero-order valence-electron chi connectivity index (χ0n) is 40.8. The van der Waals surface area contributed by atoms with Crippen molar-refractivity contribution >= 4 is 35.3 Å². The van der Waals surface area contributed by atoms with Crippen LogP contribution in [0.15, 0.2) is 103 Å². The zero-order valence-corrected chi connectivity index (χ0v) is 41.5. The summed E-state index contributed by atoms with van der Waals surface area (Å²) in [7, 11) is 0. The number of pyridine rings is 1. The van der Waals surface area contributed by atoms with E-state index < -0.39 is 50.6 Å². The summed E-state index contributed by atoms with van der Waals surface area (Å²) in [6, 6.07) is 23.4. The number of carbonyl (C=O) groups excluding carboxylic acids is 3. The van der Waals surface area contributed by atoms with Crippen molar-refractivity contribution in [3.8, 4) is 23.1 Å². The lowest BCUT2D eigenvalue weighted by atomic mass is 9.74. The Kier molecular flexibility index (Phi) is 17.5. The molecule has 0 radical (unpaired) electrons. The highest BCUT2D eigenvalue weighted by Crippen LogP contribution is 2.44. The molecule has 2 amide bonds. The van der Waals surface area contributed by atoms with E-state index in [2.05, 4.69) is 14.7 Å². The van der Waals surface area contributed by atoms with E-state index in [1.165, 1.54) is 29.2 Å². The average molecular weight is 1040 g/mol. The van der Waals surface area contributed by atoms with Crippen LogP contribution in [0.2, 0.25) is 5.02 Å². The Bertz CT molecular complexity index is 2920. The molecule has 22 heteroatoms. The lowest BCUT2D eigenvalue weighted by molar-refractivity contribution is -0.763. The van der Waals surface area contributed by atoms with Gasteiger partial charge in [0.2, 0.25) is 5.88 Å². The maximum atomic E-state index is 15.3. The van der Waals surface area contributed by atoms with E-state index in [4.69, 9.17) is 35.3 Å². The summed E-state index contributed by atoms with van der Waals surface area (Å²) in [5.41, 5.74) is 4.10. The molecular formula is C52H52ClF2N5O14. The van der Waals surface area contributed by atoms with E-state index in [0.717, 1.165) is 47.2 Å². The van der Waals surface area contributed by atoms with Crippen molar-refractivity contribution < 1.29 is 66.7 Å². The molecule has 0 N–H and O–H groups in total. The first kappa shape index (κ1) is 53.7. The minimum atomic E-state index is -1.03. The van der Waals surface area contributed by atoms with E-state index in [0.29, 0.717) is 35.1 Å². The number of halogens is 3. The lowest BCUT2D eigenvalue weighted by Crippen LogP contribution is -2.49. The highest BCUT2D eigenvalue weighted by Gasteiger charge is 2.43. The predicted octanol–water partition coefficient (Wildman–Crippen LogP) is 10.2. The number of carbonyl (C=O) groups is 3. The molecule has 1 aromatic heterocycles. The fourth-order valence-electron chi connectivity index (χ4n) is 8.40. The van der Waals surface area contributed by atoms with Gasteiger partial charge < -0.3 is 43.2 Å². The Labute approximate surface area is 428 Å². The Morgan fingerprint density at radius 1 is 0.865 bits per heavy atom. The van der Waals surface area contributed by atoms with Crippen LogP contribution in [0.25, 0.3) is 5.57 Å². The van der Waals surface area contributed by atoms with E-state index >= 15 is 4.79 Å². The highest BCUT2D eigenvalue weighted by atomic mass is 35.5. The Hall–Kier alpha value is -8.07. The highest BCUT2D eigenvalue weighted by molar-refractivity contribution is 6.32. The number of benzene rings is 4. The van der Waals surface area contributed by atoms with Gasteiger partial charge in [0.25, 0.3) is 16.1 Å². The van der Waals surface area contributed by atoms with Gasteiger partial charge in [-0.3, -0.25) is 4.79 Å². The molecule has 390 valence electrons. The molecule has 74 heavy (non-hydrogen) atoms. The van der Waals surface area contributed by atoms with Crippen molar-refractivity contribution in [3.05, 3.63) is 173 Å². The number of aromatic nitrogens is 1. The van der Waals surface area contributed by atoms with Crippen molar-refractivity contribution in [1.82, 2.24) is 14.8 Å². The molecule has 1 unspecified atom stereocenters. The molecule has 7 rings (SSSR count). The minimum Gasteiger partial charge on any atom is -0.489 e. The molecule has 19 nitrogen and oxygen atoms in total. The van der Waals surface area contributed by atoms with E-state index in [9.17, 15) is 38.6 Å². The molecule has 1 aliphatic carbocycles. The lowest BCUT2D eigenvalue weighted by Gasteiger charge is -2.42. The quantitative estimate of drug-likeness (QED) is 0.0157. The maximum absolute atomic E-state index is 15.3. The zero-order chi connectivity index (χ0) is 53.1. The van der Waals surface area contributed by atoms with Gasteiger partial charge in [-0.15, -0.1) is 20.2 Å². The molecule has 2 aliphatic rings. The van der Waals surface area contributed by atoms with E-state index in [1.54, 1.807) is 55.3 Å². The second-order valence-corrected chi connectivity index (χ2v) is 18.6. The number of nitrogens with zero attached hydrogens (tertiary/aromatic N) is 5. The molecule has 4 aromatic carbocycles. The molecular weight excluding hydrogens is 992 g/mol. The number of hydrogen-bond donors (Lipinski definition) is 0. The number of ether oxygens (including phenoxy) is 5. The topological polar surface area (TPSA) is 221 Å². The smallest absolute Gasteiger partial charge is 0.489 e. The minimum absolute atomic E-state index is 0.0685.